The minimum absolute atomic E-state index is 0.0620. The number of amides is 3. The van der Waals surface area contributed by atoms with Gasteiger partial charge in [0.2, 0.25) is 11.8 Å². The largest absolute Gasteiger partial charge is 0.339 e. The van der Waals surface area contributed by atoms with Crippen LogP contribution in [-0.4, -0.2) is 41.2 Å². The highest BCUT2D eigenvalue weighted by atomic mass is 32.2. The van der Waals surface area contributed by atoms with E-state index in [1.54, 1.807) is 11.8 Å². The fourth-order valence-corrected chi connectivity index (χ4v) is 7.31. The molecule has 2 aromatic carbocycles. The maximum atomic E-state index is 13.6. The second-order valence-corrected chi connectivity index (χ2v) is 11.4. The molecule has 2 aliphatic heterocycles. The zero-order chi connectivity index (χ0) is 23.9. The third kappa shape index (κ3) is 4.24. The van der Waals surface area contributed by atoms with Gasteiger partial charge in [-0.15, -0.1) is 0 Å². The Bertz CT molecular complexity index is 1170. The van der Waals surface area contributed by atoms with Crippen molar-refractivity contribution >= 4 is 40.9 Å². The summed E-state index contributed by atoms with van der Waals surface area (Å²) in [7, 11) is 0. The smallest absolute Gasteiger partial charge is 0.259 e. The van der Waals surface area contributed by atoms with Crippen LogP contribution in [0.2, 0.25) is 0 Å². The van der Waals surface area contributed by atoms with E-state index in [4.69, 9.17) is 0 Å². The van der Waals surface area contributed by atoms with E-state index in [2.05, 4.69) is 5.32 Å². The average Bonchev–Trinajstić information content (AvgIpc) is 3.62. The third-order valence-electron chi connectivity index (χ3n) is 8.03. The van der Waals surface area contributed by atoms with E-state index in [1.807, 2.05) is 52.3 Å². The molecule has 182 valence electrons. The number of rotatable bonds is 4. The van der Waals surface area contributed by atoms with Crippen LogP contribution < -0.4 is 10.2 Å². The Morgan fingerprint density at radius 2 is 1.60 bits per heavy atom. The molecule has 2 aliphatic carbocycles. The van der Waals surface area contributed by atoms with Crippen molar-refractivity contribution in [2.24, 2.45) is 5.92 Å². The fourth-order valence-electron chi connectivity index (χ4n) is 6.21. The standard InChI is InChI=1S/C28H31N3O3S/c32-26-15-18(17-30(26)20-7-1-2-8-20)27(33)29-19-13-14-23-25(16-19)35-24-12-6-5-11-22(24)28(34)31(23)21-9-3-4-10-21/h5-6,11-14,16,18,20-21H,1-4,7-10,15,17H2,(H,29,33)/t18-/m1/s1. The topological polar surface area (TPSA) is 69.7 Å². The fraction of sp³-hybridized carbons (Fsp3) is 0.464. The van der Waals surface area contributed by atoms with Gasteiger partial charge in [0, 0.05) is 40.5 Å². The Morgan fingerprint density at radius 1 is 0.886 bits per heavy atom. The minimum atomic E-state index is -0.313. The lowest BCUT2D eigenvalue weighted by Gasteiger charge is -2.29. The van der Waals surface area contributed by atoms with Crippen molar-refractivity contribution in [3.05, 3.63) is 48.0 Å². The summed E-state index contributed by atoms with van der Waals surface area (Å²) in [6, 6.07) is 14.2. The molecule has 3 amide bonds. The summed E-state index contributed by atoms with van der Waals surface area (Å²) in [6.45, 7) is 0.520. The first kappa shape index (κ1) is 22.7. The first-order valence-electron chi connectivity index (χ1n) is 12.9. The van der Waals surface area contributed by atoms with Crippen molar-refractivity contribution in [3.63, 3.8) is 0 Å². The SMILES string of the molecule is O=C(Nc1ccc2c(c1)Sc1ccccc1C(=O)N2C1CCCC1)[C@@H]1CC(=O)N(C2CCCC2)C1. The van der Waals surface area contributed by atoms with Gasteiger partial charge in [0.15, 0.2) is 0 Å². The van der Waals surface area contributed by atoms with E-state index in [0.29, 0.717) is 24.7 Å². The lowest BCUT2D eigenvalue weighted by atomic mass is 10.1. The maximum Gasteiger partial charge on any atom is 0.259 e. The highest BCUT2D eigenvalue weighted by molar-refractivity contribution is 7.99. The van der Waals surface area contributed by atoms with Gasteiger partial charge in [-0.2, -0.15) is 0 Å². The summed E-state index contributed by atoms with van der Waals surface area (Å²) < 4.78 is 0. The highest BCUT2D eigenvalue weighted by Crippen LogP contribution is 2.45. The summed E-state index contributed by atoms with van der Waals surface area (Å²) in [5.41, 5.74) is 2.37. The molecule has 0 unspecified atom stereocenters. The van der Waals surface area contributed by atoms with Crippen LogP contribution in [0, 0.1) is 5.92 Å². The Hall–Kier alpha value is -2.80. The van der Waals surface area contributed by atoms with Gasteiger partial charge in [-0.3, -0.25) is 14.4 Å². The summed E-state index contributed by atoms with van der Waals surface area (Å²) >= 11 is 1.58. The van der Waals surface area contributed by atoms with Gasteiger partial charge in [-0.05, 0) is 56.0 Å². The second-order valence-electron chi connectivity index (χ2n) is 10.3. The molecule has 2 saturated carbocycles. The number of hydrogen-bond donors (Lipinski definition) is 1. The Kier molecular flexibility index (Phi) is 6.04. The van der Waals surface area contributed by atoms with Crippen molar-refractivity contribution in [2.45, 2.75) is 79.7 Å². The molecule has 3 fully saturated rings. The number of carbonyl (C=O) groups excluding carboxylic acids is 3. The van der Waals surface area contributed by atoms with E-state index in [0.717, 1.165) is 59.6 Å². The summed E-state index contributed by atoms with van der Waals surface area (Å²) in [5, 5.41) is 3.07. The van der Waals surface area contributed by atoms with Crippen molar-refractivity contribution in [3.8, 4) is 0 Å². The molecule has 4 aliphatic rings. The van der Waals surface area contributed by atoms with Gasteiger partial charge in [0.05, 0.1) is 17.2 Å². The molecule has 1 atom stereocenters. The molecule has 0 spiro atoms. The lowest BCUT2D eigenvalue weighted by Crippen LogP contribution is -2.39. The molecule has 35 heavy (non-hydrogen) atoms. The van der Waals surface area contributed by atoms with Crippen LogP contribution in [-0.2, 0) is 9.59 Å². The lowest BCUT2D eigenvalue weighted by molar-refractivity contribution is -0.129. The van der Waals surface area contributed by atoms with Gasteiger partial charge < -0.3 is 15.1 Å². The molecule has 6 rings (SSSR count). The molecule has 1 saturated heterocycles. The van der Waals surface area contributed by atoms with Crippen molar-refractivity contribution < 1.29 is 14.4 Å². The molecule has 2 aromatic rings. The Morgan fingerprint density at radius 3 is 2.37 bits per heavy atom. The van der Waals surface area contributed by atoms with Crippen LogP contribution in [0.5, 0.6) is 0 Å². The first-order chi connectivity index (χ1) is 17.1. The molecule has 1 N–H and O–H groups in total. The van der Waals surface area contributed by atoms with Crippen molar-refractivity contribution in [1.82, 2.24) is 4.90 Å². The van der Waals surface area contributed by atoms with E-state index in [-0.39, 0.29) is 29.7 Å². The quantitative estimate of drug-likeness (QED) is 0.618. The van der Waals surface area contributed by atoms with Crippen LogP contribution in [0.1, 0.15) is 68.1 Å². The first-order valence-corrected chi connectivity index (χ1v) is 13.7. The minimum Gasteiger partial charge on any atom is -0.339 e. The molecule has 0 radical (unpaired) electrons. The molecule has 0 aromatic heterocycles. The predicted molar refractivity (Wildman–Crippen MR) is 137 cm³/mol. The molecule has 7 heteroatoms. The molecule has 6 nitrogen and oxygen atoms in total. The van der Waals surface area contributed by atoms with Gasteiger partial charge in [-0.25, -0.2) is 0 Å². The normalized spacial score (nSPS) is 22.9. The van der Waals surface area contributed by atoms with Crippen LogP contribution in [0.4, 0.5) is 11.4 Å². The number of likely N-dealkylation sites (tertiary alicyclic amines) is 1. The van der Waals surface area contributed by atoms with Crippen LogP contribution >= 0.6 is 11.8 Å². The monoisotopic (exact) mass is 489 g/mol. The number of carbonyl (C=O) groups is 3. The zero-order valence-corrected chi connectivity index (χ0v) is 20.7. The number of nitrogens with zero attached hydrogens (tertiary/aromatic N) is 2. The summed E-state index contributed by atoms with van der Waals surface area (Å²) in [4.78, 5) is 45.1. The molecule has 0 bridgehead atoms. The number of benzene rings is 2. The Labute approximate surface area is 210 Å². The zero-order valence-electron chi connectivity index (χ0n) is 19.9. The van der Waals surface area contributed by atoms with Crippen LogP contribution in [0.15, 0.2) is 52.3 Å². The predicted octanol–water partition coefficient (Wildman–Crippen LogP) is 5.47. The van der Waals surface area contributed by atoms with Gasteiger partial charge >= 0.3 is 0 Å². The number of hydrogen-bond acceptors (Lipinski definition) is 4. The molecular weight excluding hydrogens is 458 g/mol. The summed E-state index contributed by atoms with van der Waals surface area (Å²) in [5.74, 6) is -0.239. The van der Waals surface area contributed by atoms with E-state index in [9.17, 15) is 14.4 Å². The van der Waals surface area contributed by atoms with Crippen molar-refractivity contribution in [2.75, 3.05) is 16.8 Å². The van der Waals surface area contributed by atoms with E-state index >= 15 is 0 Å². The number of fused-ring (bicyclic) bond motifs is 2. The number of nitrogens with one attached hydrogen (secondary N) is 1. The maximum absolute atomic E-state index is 13.6. The van der Waals surface area contributed by atoms with E-state index < -0.39 is 0 Å². The average molecular weight is 490 g/mol. The molecule has 2 heterocycles. The van der Waals surface area contributed by atoms with Gasteiger partial charge in [0.1, 0.15) is 0 Å². The van der Waals surface area contributed by atoms with Crippen molar-refractivity contribution in [1.29, 1.82) is 0 Å². The van der Waals surface area contributed by atoms with Gasteiger partial charge in [0.25, 0.3) is 5.91 Å². The molecular formula is C28H31N3O3S. The Balaban J connectivity index is 1.25. The highest BCUT2D eigenvalue weighted by Gasteiger charge is 2.39. The van der Waals surface area contributed by atoms with Gasteiger partial charge in [-0.1, -0.05) is 49.6 Å². The second kappa shape index (κ2) is 9.34. The third-order valence-corrected chi connectivity index (χ3v) is 9.15. The van der Waals surface area contributed by atoms with Crippen LogP contribution in [0.3, 0.4) is 0 Å². The van der Waals surface area contributed by atoms with E-state index in [1.165, 1.54) is 12.8 Å². The summed E-state index contributed by atoms with van der Waals surface area (Å²) in [6.07, 6.45) is 9.06. The van der Waals surface area contributed by atoms with Crippen LogP contribution in [0.25, 0.3) is 0 Å². The number of anilines is 2.